The highest BCUT2D eigenvalue weighted by atomic mass is 32.1. The lowest BCUT2D eigenvalue weighted by molar-refractivity contribution is -0.120. The smallest absolute Gasteiger partial charge is 0.234 e. The van der Waals surface area contributed by atoms with E-state index in [1.165, 1.54) is 25.7 Å². The van der Waals surface area contributed by atoms with Crippen LogP contribution in [0.15, 0.2) is 16.8 Å². The lowest BCUT2D eigenvalue weighted by atomic mass is 10.2. The largest absolute Gasteiger partial charge is 0.387 e. The summed E-state index contributed by atoms with van der Waals surface area (Å²) in [6.45, 7) is 0.628. The summed E-state index contributed by atoms with van der Waals surface area (Å²) in [5.41, 5.74) is 0.865. The SMILES string of the molecule is O=C(CNC1CCCC1)NCC(O)c1ccsc1. The number of carbonyl (C=O) groups is 1. The van der Waals surface area contributed by atoms with Gasteiger partial charge in [-0.25, -0.2) is 0 Å². The highest BCUT2D eigenvalue weighted by Gasteiger charge is 2.15. The first-order chi connectivity index (χ1) is 8.75. The van der Waals surface area contributed by atoms with Gasteiger partial charge < -0.3 is 15.7 Å². The van der Waals surface area contributed by atoms with E-state index < -0.39 is 6.10 Å². The van der Waals surface area contributed by atoms with E-state index in [0.29, 0.717) is 12.6 Å². The molecule has 0 aliphatic heterocycles. The number of rotatable bonds is 6. The third-order valence-electron chi connectivity index (χ3n) is 3.33. The minimum absolute atomic E-state index is 0.0452. The predicted molar refractivity (Wildman–Crippen MR) is 72.5 cm³/mol. The zero-order valence-corrected chi connectivity index (χ0v) is 11.2. The van der Waals surface area contributed by atoms with Crippen LogP contribution in [0.25, 0.3) is 0 Å². The van der Waals surface area contributed by atoms with Gasteiger partial charge >= 0.3 is 0 Å². The summed E-state index contributed by atoms with van der Waals surface area (Å²) in [5.74, 6) is -0.0452. The number of amides is 1. The molecular formula is C13H20N2O2S. The molecular weight excluding hydrogens is 248 g/mol. The molecule has 0 radical (unpaired) electrons. The second-order valence-electron chi connectivity index (χ2n) is 4.74. The van der Waals surface area contributed by atoms with E-state index in [1.54, 1.807) is 11.3 Å². The van der Waals surface area contributed by atoms with Crippen molar-refractivity contribution in [3.05, 3.63) is 22.4 Å². The van der Waals surface area contributed by atoms with Gasteiger partial charge in [-0.3, -0.25) is 4.79 Å². The zero-order chi connectivity index (χ0) is 12.8. The van der Waals surface area contributed by atoms with Gasteiger partial charge in [0.15, 0.2) is 0 Å². The Balaban J connectivity index is 1.62. The van der Waals surface area contributed by atoms with E-state index in [2.05, 4.69) is 10.6 Å². The van der Waals surface area contributed by atoms with E-state index in [1.807, 2.05) is 16.8 Å². The standard InChI is InChI=1S/C13H20N2O2S/c16-12(10-5-6-18-9-10)7-15-13(17)8-14-11-3-1-2-4-11/h5-6,9,11-12,14,16H,1-4,7-8H2,(H,15,17). The fourth-order valence-electron chi connectivity index (χ4n) is 2.22. The molecule has 1 atom stereocenters. The summed E-state index contributed by atoms with van der Waals surface area (Å²) in [6, 6.07) is 2.37. The number of aliphatic hydroxyl groups excluding tert-OH is 1. The minimum Gasteiger partial charge on any atom is -0.387 e. The third-order valence-corrected chi connectivity index (χ3v) is 4.03. The molecule has 1 aromatic heterocycles. The summed E-state index contributed by atoms with van der Waals surface area (Å²) in [6.07, 6.45) is 4.26. The molecule has 1 aliphatic carbocycles. The van der Waals surface area contributed by atoms with Gasteiger partial charge in [-0.15, -0.1) is 0 Å². The second kappa shape index (κ2) is 6.87. The molecule has 1 fully saturated rings. The Morgan fingerprint density at radius 1 is 1.50 bits per heavy atom. The number of aliphatic hydroxyl groups is 1. The van der Waals surface area contributed by atoms with Gasteiger partial charge in [-0.2, -0.15) is 11.3 Å². The molecule has 1 unspecified atom stereocenters. The summed E-state index contributed by atoms with van der Waals surface area (Å²) in [5, 5.41) is 19.6. The average molecular weight is 268 g/mol. The molecule has 1 aromatic rings. The van der Waals surface area contributed by atoms with Crippen molar-refractivity contribution in [2.24, 2.45) is 0 Å². The lowest BCUT2D eigenvalue weighted by Gasteiger charge is -2.13. The van der Waals surface area contributed by atoms with Crippen LogP contribution >= 0.6 is 11.3 Å². The third kappa shape index (κ3) is 4.08. The molecule has 2 rings (SSSR count). The fourth-order valence-corrected chi connectivity index (χ4v) is 2.93. The number of hydrogen-bond donors (Lipinski definition) is 3. The van der Waals surface area contributed by atoms with Gasteiger partial charge in [0, 0.05) is 12.6 Å². The number of carbonyl (C=O) groups excluding carboxylic acids is 1. The van der Waals surface area contributed by atoms with Crippen molar-refractivity contribution in [2.75, 3.05) is 13.1 Å². The Morgan fingerprint density at radius 3 is 2.94 bits per heavy atom. The molecule has 0 aromatic carbocycles. The van der Waals surface area contributed by atoms with E-state index in [0.717, 1.165) is 5.56 Å². The van der Waals surface area contributed by atoms with Crippen molar-refractivity contribution in [3.63, 3.8) is 0 Å². The molecule has 0 bridgehead atoms. The Morgan fingerprint density at radius 2 is 2.28 bits per heavy atom. The second-order valence-corrected chi connectivity index (χ2v) is 5.52. The van der Waals surface area contributed by atoms with Crippen molar-refractivity contribution in [1.82, 2.24) is 10.6 Å². The normalized spacial score (nSPS) is 17.8. The quantitative estimate of drug-likeness (QED) is 0.731. The van der Waals surface area contributed by atoms with Crippen molar-refractivity contribution >= 4 is 17.2 Å². The van der Waals surface area contributed by atoms with E-state index in [-0.39, 0.29) is 12.5 Å². The van der Waals surface area contributed by atoms with Gasteiger partial charge in [0.05, 0.1) is 12.6 Å². The van der Waals surface area contributed by atoms with Gasteiger partial charge in [-0.1, -0.05) is 12.8 Å². The maximum atomic E-state index is 11.6. The fraction of sp³-hybridized carbons (Fsp3) is 0.615. The minimum atomic E-state index is -0.605. The summed E-state index contributed by atoms with van der Waals surface area (Å²) < 4.78 is 0. The number of hydrogen-bond acceptors (Lipinski definition) is 4. The molecule has 0 saturated heterocycles. The van der Waals surface area contributed by atoms with Crippen LogP contribution in [0.5, 0.6) is 0 Å². The van der Waals surface area contributed by atoms with Crippen molar-refractivity contribution < 1.29 is 9.90 Å². The molecule has 1 amide bonds. The molecule has 3 N–H and O–H groups in total. The van der Waals surface area contributed by atoms with Gasteiger partial charge in [0.25, 0.3) is 0 Å². The first kappa shape index (κ1) is 13.5. The lowest BCUT2D eigenvalue weighted by Crippen LogP contribution is -2.39. The summed E-state index contributed by atoms with van der Waals surface area (Å²) in [7, 11) is 0. The number of thiophene rings is 1. The van der Waals surface area contributed by atoms with Crippen LogP contribution in [0.2, 0.25) is 0 Å². The average Bonchev–Trinajstić information content (AvgIpc) is 3.05. The van der Waals surface area contributed by atoms with Gasteiger partial charge in [0.2, 0.25) is 5.91 Å². The van der Waals surface area contributed by atoms with E-state index >= 15 is 0 Å². The summed E-state index contributed by atoms with van der Waals surface area (Å²) >= 11 is 1.54. The number of nitrogens with one attached hydrogen (secondary N) is 2. The Hall–Kier alpha value is -0.910. The monoisotopic (exact) mass is 268 g/mol. The van der Waals surface area contributed by atoms with Crippen molar-refractivity contribution in [2.45, 2.75) is 37.8 Å². The highest BCUT2D eigenvalue weighted by Crippen LogP contribution is 2.17. The maximum absolute atomic E-state index is 11.6. The zero-order valence-electron chi connectivity index (χ0n) is 10.4. The maximum Gasteiger partial charge on any atom is 0.234 e. The topological polar surface area (TPSA) is 61.4 Å². The van der Waals surface area contributed by atoms with Crippen LogP contribution in [-0.2, 0) is 4.79 Å². The Bertz CT molecular complexity index is 361. The van der Waals surface area contributed by atoms with Crippen LogP contribution in [0.3, 0.4) is 0 Å². The van der Waals surface area contributed by atoms with Gasteiger partial charge in [0.1, 0.15) is 0 Å². The molecule has 1 heterocycles. The molecule has 4 nitrogen and oxygen atoms in total. The molecule has 5 heteroatoms. The molecule has 0 spiro atoms. The molecule has 18 heavy (non-hydrogen) atoms. The van der Waals surface area contributed by atoms with Crippen LogP contribution in [0, 0.1) is 0 Å². The van der Waals surface area contributed by atoms with Crippen LogP contribution in [-0.4, -0.2) is 30.1 Å². The van der Waals surface area contributed by atoms with Crippen molar-refractivity contribution in [1.29, 1.82) is 0 Å². The first-order valence-corrected chi connectivity index (χ1v) is 7.40. The van der Waals surface area contributed by atoms with E-state index in [9.17, 15) is 9.90 Å². The first-order valence-electron chi connectivity index (χ1n) is 6.46. The molecule has 100 valence electrons. The Kier molecular flexibility index (Phi) is 5.16. The summed E-state index contributed by atoms with van der Waals surface area (Å²) in [4.78, 5) is 11.6. The van der Waals surface area contributed by atoms with Crippen LogP contribution in [0.4, 0.5) is 0 Å². The Labute approximate surface area is 111 Å². The van der Waals surface area contributed by atoms with Crippen molar-refractivity contribution in [3.8, 4) is 0 Å². The predicted octanol–water partition coefficient (Wildman–Crippen LogP) is 1.43. The van der Waals surface area contributed by atoms with Crippen LogP contribution in [0.1, 0.15) is 37.4 Å². The van der Waals surface area contributed by atoms with Crippen LogP contribution < -0.4 is 10.6 Å². The van der Waals surface area contributed by atoms with Gasteiger partial charge in [-0.05, 0) is 35.2 Å². The highest BCUT2D eigenvalue weighted by molar-refractivity contribution is 7.07. The molecule has 1 aliphatic rings. The van der Waals surface area contributed by atoms with E-state index in [4.69, 9.17) is 0 Å². The molecule has 1 saturated carbocycles.